The average Bonchev–Trinajstić information content (AvgIpc) is 3.10. The molecule has 0 spiro atoms. The Bertz CT molecular complexity index is 678. The van der Waals surface area contributed by atoms with Gasteiger partial charge < -0.3 is 9.05 Å². The van der Waals surface area contributed by atoms with Gasteiger partial charge in [-0.2, -0.15) is 4.98 Å². The Hall–Kier alpha value is -3.10. The molecule has 3 rings (SSSR count). The van der Waals surface area contributed by atoms with E-state index < -0.39 is 5.91 Å². The topological polar surface area (TPSA) is 120 Å². The summed E-state index contributed by atoms with van der Waals surface area (Å²) >= 11 is 0. The molecule has 0 aliphatic rings. The van der Waals surface area contributed by atoms with Crippen LogP contribution < -0.4 is 5.32 Å². The smallest absolute Gasteiger partial charge is 0.316 e. The minimum atomic E-state index is -0.587. The first-order valence-electron chi connectivity index (χ1n) is 5.15. The van der Waals surface area contributed by atoms with Crippen molar-refractivity contribution in [3.05, 3.63) is 36.8 Å². The van der Waals surface area contributed by atoms with Gasteiger partial charge in [-0.1, -0.05) is 10.3 Å². The molecule has 3 heterocycles. The van der Waals surface area contributed by atoms with E-state index in [1.165, 1.54) is 30.9 Å². The highest BCUT2D eigenvalue weighted by Crippen LogP contribution is 2.11. The van der Waals surface area contributed by atoms with Crippen LogP contribution in [0.15, 0.2) is 40.0 Å². The molecule has 19 heavy (non-hydrogen) atoms. The molecule has 9 nitrogen and oxygen atoms in total. The summed E-state index contributed by atoms with van der Waals surface area (Å²) in [6, 6.07) is 1.48. The first kappa shape index (κ1) is 11.0. The van der Waals surface area contributed by atoms with Crippen LogP contribution in [0.5, 0.6) is 0 Å². The van der Waals surface area contributed by atoms with E-state index in [-0.39, 0.29) is 17.5 Å². The Balaban J connectivity index is 1.80. The molecule has 0 aromatic carbocycles. The minimum absolute atomic E-state index is 0.179. The molecular formula is C10H6N6O3. The predicted molar refractivity (Wildman–Crippen MR) is 59.8 cm³/mol. The van der Waals surface area contributed by atoms with Gasteiger partial charge in [0.05, 0.1) is 6.20 Å². The van der Waals surface area contributed by atoms with Crippen molar-refractivity contribution < 1.29 is 13.8 Å². The van der Waals surface area contributed by atoms with E-state index in [0.29, 0.717) is 5.69 Å². The summed E-state index contributed by atoms with van der Waals surface area (Å²) in [4.78, 5) is 23.5. The second kappa shape index (κ2) is 4.64. The summed E-state index contributed by atoms with van der Waals surface area (Å²) in [6.07, 6.45) is 5.79. The predicted octanol–water partition coefficient (Wildman–Crippen LogP) is 0.767. The van der Waals surface area contributed by atoms with Gasteiger partial charge in [-0.05, 0) is 0 Å². The second-order valence-corrected chi connectivity index (χ2v) is 3.35. The van der Waals surface area contributed by atoms with Crippen LogP contribution in [0.3, 0.4) is 0 Å². The van der Waals surface area contributed by atoms with E-state index in [4.69, 9.17) is 4.52 Å². The largest absolute Gasteiger partial charge is 0.363 e. The maximum atomic E-state index is 11.7. The number of anilines is 1. The van der Waals surface area contributed by atoms with Crippen molar-refractivity contribution in [1.82, 2.24) is 25.3 Å². The zero-order valence-corrected chi connectivity index (χ0v) is 9.35. The molecule has 0 atom stereocenters. The van der Waals surface area contributed by atoms with E-state index in [0.717, 1.165) is 0 Å². The molecule has 9 heteroatoms. The summed E-state index contributed by atoms with van der Waals surface area (Å²) in [7, 11) is 0. The van der Waals surface area contributed by atoms with Crippen molar-refractivity contribution in [2.75, 3.05) is 5.32 Å². The Labute approximate surface area is 105 Å². The Kier molecular flexibility index (Phi) is 2.69. The third kappa shape index (κ3) is 2.29. The number of hydrogen-bond donors (Lipinski definition) is 1. The van der Waals surface area contributed by atoms with Crippen LogP contribution in [0, 0.1) is 0 Å². The molecule has 0 aliphatic carbocycles. The van der Waals surface area contributed by atoms with Crippen LogP contribution >= 0.6 is 0 Å². The highest BCUT2D eigenvalue weighted by atomic mass is 16.5. The van der Waals surface area contributed by atoms with Crippen molar-refractivity contribution in [2.45, 2.75) is 0 Å². The molecule has 1 amide bonds. The standard InChI is InChI=1S/C10H6N6O3/c17-9(13-7-1-4-18-15-7)10-14-8(16-19-10)6-5-11-2-3-12-6/h1-5H,(H,13,15,17). The van der Waals surface area contributed by atoms with Gasteiger partial charge in [0.25, 0.3) is 0 Å². The molecule has 1 N–H and O–H groups in total. The van der Waals surface area contributed by atoms with E-state index in [2.05, 4.69) is 35.1 Å². The highest BCUT2D eigenvalue weighted by Gasteiger charge is 2.17. The van der Waals surface area contributed by atoms with Crippen LogP contribution in [-0.4, -0.2) is 31.2 Å². The second-order valence-electron chi connectivity index (χ2n) is 3.35. The molecule has 3 aromatic rings. The molecule has 0 radical (unpaired) electrons. The Morgan fingerprint density at radius 1 is 1.26 bits per heavy atom. The fourth-order valence-electron chi connectivity index (χ4n) is 1.28. The van der Waals surface area contributed by atoms with Gasteiger partial charge in [-0.3, -0.25) is 15.1 Å². The lowest BCUT2D eigenvalue weighted by Gasteiger charge is -1.93. The van der Waals surface area contributed by atoms with E-state index in [1.54, 1.807) is 0 Å². The lowest BCUT2D eigenvalue weighted by atomic mass is 10.4. The van der Waals surface area contributed by atoms with Gasteiger partial charge in [-0.25, -0.2) is 4.98 Å². The zero-order chi connectivity index (χ0) is 13.1. The molecule has 0 saturated heterocycles. The van der Waals surface area contributed by atoms with E-state index in [9.17, 15) is 4.79 Å². The molecule has 0 aliphatic heterocycles. The van der Waals surface area contributed by atoms with Crippen molar-refractivity contribution in [1.29, 1.82) is 0 Å². The highest BCUT2D eigenvalue weighted by molar-refractivity contribution is 6.00. The number of carbonyl (C=O) groups excluding carboxylic acids is 1. The van der Waals surface area contributed by atoms with Crippen molar-refractivity contribution >= 4 is 11.7 Å². The van der Waals surface area contributed by atoms with Gasteiger partial charge in [-0.15, -0.1) is 0 Å². The molecule has 3 aromatic heterocycles. The average molecular weight is 258 g/mol. The summed E-state index contributed by atoms with van der Waals surface area (Å²) in [5.74, 6) is -0.358. The molecule has 0 bridgehead atoms. The van der Waals surface area contributed by atoms with Crippen LogP contribution in [0.25, 0.3) is 11.5 Å². The molecule has 0 unspecified atom stereocenters. The number of hydrogen-bond acceptors (Lipinski definition) is 8. The first-order valence-corrected chi connectivity index (χ1v) is 5.15. The monoisotopic (exact) mass is 258 g/mol. The normalized spacial score (nSPS) is 10.3. The van der Waals surface area contributed by atoms with Gasteiger partial charge in [0.2, 0.25) is 5.82 Å². The third-order valence-corrected chi connectivity index (χ3v) is 2.09. The lowest BCUT2D eigenvalue weighted by Crippen LogP contribution is -2.12. The molecule has 0 fully saturated rings. The van der Waals surface area contributed by atoms with Crippen molar-refractivity contribution in [2.24, 2.45) is 0 Å². The van der Waals surface area contributed by atoms with Crippen molar-refractivity contribution in [3.63, 3.8) is 0 Å². The SMILES string of the molecule is O=C(Nc1ccon1)c1nc(-c2cnccn2)no1. The lowest BCUT2D eigenvalue weighted by molar-refractivity contribution is 0.0980. The number of nitrogens with zero attached hydrogens (tertiary/aromatic N) is 5. The molecular weight excluding hydrogens is 252 g/mol. The van der Waals surface area contributed by atoms with Crippen LogP contribution in [0.4, 0.5) is 5.82 Å². The maximum Gasteiger partial charge on any atom is 0.316 e. The number of amides is 1. The summed E-state index contributed by atoms with van der Waals surface area (Å²) in [6.45, 7) is 0. The van der Waals surface area contributed by atoms with Gasteiger partial charge in [0.15, 0.2) is 5.82 Å². The summed E-state index contributed by atoms with van der Waals surface area (Å²) < 4.78 is 9.41. The number of aromatic nitrogens is 5. The van der Waals surface area contributed by atoms with E-state index >= 15 is 0 Å². The van der Waals surface area contributed by atoms with Gasteiger partial charge in [0.1, 0.15) is 12.0 Å². The molecule has 0 saturated carbocycles. The third-order valence-electron chi connectivity index (χ3n) is 2.09. The molecule has 94 valence electrons. The Morgan fingerprint density at radius 2 is 2.21 bits per heavy atom. The number of nitrogens with one attached hydrogen (secondary N) is 1. The Morgan fingerprint density at radius 3 is 2.95 bits per heavy atom. The van der Waals surface area contributed by atoms with Crippen LogP contribution in [-0.2, 0) is 0 Å². The van der Waals surface area contributed by atoms with Crippen LogP contribution in [0.2, 0.25) is 0 Å². The van der Waals surface area contributed by atoms with Gasteiger partial charge in [0, 0.05) is 18.5 Å². The van der Waals surface area contributed by atoms with E-state index in [1.807, 2.05) is 0 Å². The van der Waals surface area contributed by atoms with Gasteiger partial charge >= 0.3 is 11.8 Å². The fourth-order valence-corrected chi connectivity index (χ4v) is 1.28. The number of rotatable bonds is 3. The maximum absolute atomic E-state index is 11.7. The number of carbonyl (C=O) groups is 1. The van der Waals surface area contributed by atoms with Crippen molar-refractivity contribution in [3.8, 4) is 11.5 Å². The summed E-state index contributed by atoms with van der Waals surface area (Å²) in [5.41, 5.74) is 0.409. The quantitative estimate of drug-likeness (QED) is 0.731. The minimum Gasteiger partial charge on any atom is -0.363 e. The fraction of sp³-hybridized carbons (Fsp3) is 0. The summed E-state index contributed by atoms with van der Waals surface area (Å²) in [5, 5.41) is 9.60. The zero-order valence-electron chi connectivity index (χ0n) is 9.35. The first-order chi connectivity index (χ1) is 9.33. The van der Waals surface area contributed by atoms with Crippen LogP contribution in [0.1, 0.15) is 10.7 Å².